The van der Waals surface area contributed by atoms with E-state index in [1.807, 2.05) is 0 Å². The van der Waals surface area contributed by atoms with Gasteiger partial charge >= 0.3 is 0 Å². The van der Waals surface area contributed by atoms with Crippen molar-refractivity contribution < 1.29 is 19.4 Å². The van der Waals surface area contributed by atoms with E-state index in [0.717, 1.165) is 25.7 Å². The zero-order valence-corrected chi connectivity index (χ0v) is 11.1. The molecule has 3 rings (SSSR count). The molecule has 1 aromatic rings. The highest BCUT2D eigenvalue weighted by Crippen LogP contribution is 2.36. The Morgan fingerprint density at radius 1 is 1.20 bits per heavy atom. The maximum absolute atomic E-state index is 12.3. The van der Waals surface area contributed by atoms with Gasteiger partial charge in [0.1, 0.15) is 0 Å². The highest BCUT2D eigenvalue weighted by atomic mass is 16.7. The fourth-order valence-corrected chi connectivity index (χ4v) is 2.64. The van der Waals surface area contributed by atoms with Gasteiger partial charge in [0.2, 0.25) is 6.79 Å². The molecular weight excluding hydrogens is 260 g/mol. The number of fused-ring (bicyclic) bond motifs is 1. The summed E-state index contributed by atoms with van der Waals surface area (Å²) in [6, 6.07) is 3.32. The largest absolute Gasteiger partial charge is 0.454 e. The monoisotopic (exact) mass is 278 g/mol. The minimum Gasteiger partial charge on any atom is -0.454 e. The van der Waals surface area contributed by atoms with Crippen molar-refractivity contribution in [2.45, 2.75) is 37.8 Å². The molecule has 1 saturated carbocycles. The van der Waals surface area contributed by atoms with E-state index in [-0.39, 0.29) is 24.8 Å². The third kappa shape index (κ3) is 2.51. The molecule has 0 aromatic heterocycles. The molecule has 0 unspecified atom stereocenters. The van der Waals surface area contributed by atoms with Crippen molar-refractivity contribution in [3.8, 4) is 11.5 Å². The number of aliphatic hydroxyl groups excluding tert-OH is 1. The first-order chi connectivity index (χ1) is 9.63. The number of carbonyl (C=O) groups is 1. The van der Waals surface area contributed by atoms with Gasteiger partial charge in [0, 0.05) is 17.8 Å². The molecule has 108 valence electrons. The molecular formula is C14H18N2O4. The average molecular weight is 278 g/mol. The minimum atomic E-state index is -0.237. The van der Waals surface area contributed by atoms with Crippen LogP contribution in [-0.4, -0.2) is 30.0 Å². The molecule has 4 N–H and O–H groups in total. The molecule has 1 fully saturated rings. The number of nitrogens with one attached hydrogen (secondary N) is 1. The maximum atomic E-state index is 12.3. The lowest BCUT2D eigenvalue weighted by Gasteiger charge is -2.26. The molecule has 6 heteroatoms. The topological polar surface area (TPSA) is 93.8 Å². The molecule has 1 heterocycles. The summed E-state index contributed by atoms with van der Waals surface area (Å²) in [5.41, 5.74) is 6.67. The Kier molecular flexibility index (Phi) is 3.40. The smallest absolute Gasteiger partial charge is 0.253 e. The van der Waals surface area contributed by atoms with Gasteiger partial charge in [-0.1, -0.05) is 0 Å². The summed E-state index contributed by atoms with van der Waals surface area (Å²) >= 11 is 0. The number of hydrogen-bond donors (Lipinski definition) is 3. The second-order valence-electron chi connectivity index (χ2n) is 5.27. The Hall–Kier alpha value is -1.95. The number of aliphatic hydroxyl groups is 1. The normalized spacial score (nSPS) is 24.4. The highest BCUT2D eigenvalue weighted by molar-refractivity contribution is 6.00. The van der Waals surface area contributed by atoms with Crippen LogP contribution < -0.4 is 20.5 Å². The number of nitrogens with two attached hydrogens (primary N) is 1. The summed E-state index contributed by atoms with van der Waals surface area (Å²) in [6.07, 6.45) is 2.79. The summed E-state index contributed by atoms with van der Waals surface area (Å²) in [5, 5.41) is 12.4. The third-order valence-corrected chi connectivity index (χ3v) is 3.82. The SMILES string of the molecule is Nc1cc2c(cc1C(=O)NC1CCC(O)CC1)OCO2. The van der Waals surface area contributed by atoms with Gasteiger partial charge in [0.15, 0.2) is 11.5 Å². The van der Waals surface area contributed by atoms with Gasteiger partial charge in [-0.15, -0.1) is 0 Å². The van der Waals surface area contributed by atoms with Crippen LogP contribution in [0.4, 0.5) is 5.69 Å². The number of rotatable bonds is 2. The van der Waals surface area contributed by atoms with E-state index in [2.05, 4.69) is 5.32 Å². The number of carbonyl (C=O) groups excluding carboxylic acids is 1. The quantitative estimate of drug-likeness (QED) is 0.702. The van der Waals surface area contributed by atoms with Gasteiger partial charge in [-0.2, -0.15) is 0 Å². The van der Waals surface area contributed by atoms with Crippen LogP contribution in [0.25, 0.3) is 0 Å². The first-order valence-electron chi connectivity index (χ1n) is 6.81. The van der Waals surface area contributed by atoms with Gasteiger partial charge in [-0.05, 0) is 31.7 Å². The van der Waals surface area contributed by atoms with Crippen molar-refractivity contribution in [3.05, 3.63) is 17.7 Å². The molecule has 0 atom stereocenters. The van der Waals surface area contributed by atoms with Crippen LogP contribution in [0, 0.1) is 0 Å². The Morgan fingerprint density at radius 3 is 2.55 bits per heavy atom. The van der Waals surface area contributed by atoms with Gasteiger partial charge < -0.3 is 25.6 Å². The van der Waals surface area contributed by atoms with E-state index in [0.29, 0.717) is 22.7 Å². The van der Waals surface area contributed by atoms with Gasteiger partial charge in [0.25, 0.3) is 5.91 Å². The van der Waals surface area contributed by atoms with Crippen LogP contribution in [0.3, 0.4) is 0 Å². The van der Waals surface area contributed by atoms with Crippen LogP contribution in [0.15, 0.2) is 12.1 Å². The zero-order chi connectivity index (χ0) is 14.1. The molecule has 1 aliphatic heterocycles. The van der Waals surface area contributed by atoms with Crippen molar-refractivity contribution in [1.29, 1.82) is 0 Å². The number of benzene rings is 1. The summed E-state index contributed by atoms with van der Waals surface area (Å²) in [7, 11) is 0. The molecule has 2 aliphatic rings. The molecule has 6 nitrogen and oxygen atoms in total. The second-order valence-corrected chi connectivity index (χ2v) is 5.27. The number of amides is 1. The van der Waals surface area contributed by atoms with Crippen LogP contribution in [0.1, 0.15) is 36.0 Å². The van der Waals surface area contributed by atoms with Crippen LogP contribution in [0.5, 0.6) is 11.5 Å². The van der Waals surface area contributed by atoms with E-state index in [1.54, 1.807) is 12.1 Å². The van der Waals surface area contributed by atoms with Crippen molar-refractivity contribution >= 4 is 11.6 Å². The second kappa shape index (κ2) is 5.20. The molecule has 0 bridgehead atoms. The van der Waals surface area contributed by atoms with E-state index in [4.69, 9.17) is 15.2 Å². The summed E-state index contributed by atoms with van der Waals surface area (Å²) in [6.45, 7) is 0.153. The van der Waals surface area contributed by atoms with E-state index >= 15 is 0 Å². The van der Waals surface area contributed by atoms with Gasteiger partial charge in [-0.25, -0.2) is 0 Å². The Balaban J connectivity index is 1.71. The summed E-state index contributed by atoms with van der Waals surface area (Å²) in [4.78, 5) is 12.3. The minimum absolute atomic E-state index is 0.0933. The van der Waals surface area contributed by atoms with Crippen LogP contribution in [-0.2, 0) is 0 Å². The third-order valence-electron chi connectivity index (χ3n) is 3.82. The van der Waals surface area contributed by atoms with E-state index in [9.17, 15) is 9.90 Å². The van der Waals surface area contributed by atoms with Crippen molar-refractivity contribution in [3.63, 3.8) is 0 Å². The maximum Gasteiger partial charge on any atom is 0.253 e. The Labute approximate surface area is 116 Å². The first kappa shape index (κ1) is 13.1. The molecule has 1 amide bonds. The molecule has 0 spiro atoms. The van der Waals surface area contributed by atoms with Crippen LogP contribution >= 0.6 is 0 Å². The fraction of sp³-hybridized carbons (Fsp3) is 0.500. The molecule has 0 saturated heterocycles. The van der Waals surface area contributed by atoms with Crippen molar-refractivity contribution in [1.82, 2.24) is 5.32 Å². The van der Waals surface area contributed by atoms with E-state index in [1.165, 1.54) is 0 Å². The number of ether oxygens (including phenoxy) is 2. The molecule has 0 radical (unpaired) electrons. The standard InChI is InChI=1S/C14H18N2O4/c15-11-6-13-12(19-7-20-13)5-10(11)14(18)16-8-1-3-9(17)4-2-8/h5-6,8-9,17H,1-4,7,15H2,(H,16,18). The van der Waals surface area contributed by atoms with Gasteiger partial charge in [-0.3, -0.25) is 4.79 Å². The van der Waals surface area contributed by atoms with Crippen molar-refractivity contribution in [2.24, 2.45) is 0 Å². The van der Waals surface area contributed by atoms with Crippen LogP contribution in [0.2, 0.25) is 0 Å². The highest BCUT2D eigenvalue weighted by Gasteiger charge is 2.24. The predicted molar refractivity (Wildman–Crippen MR) is 72.7 cm³/mol. The Bertz CT molecular complexity index is 524. The van der Waals surface area contributed by atoms with E-state index < -0.39 is 0 Å². The van der Waals surface area contributed by atoms with Gasteiger partial charge in [0.05, 0.1) is 11.7 Å². The number of anilines is 1. The number of nitrogen functional groups attached to an aromatic ring is 1. The lowest BCUT2D eigenvalue weighted by Crippen LogP contribution is -2.38. The molecule has 1 aliphatic carbocycles. The molecule has 20 heavy (non-hydrogen) atoms. The predicted octanol–water partition coefficient (Wildman–Crippen LogP) is 1.03. The van der Waals surface area contributed by atoms with Crippen molar-refractivity contribution in [2.75, 3.05) is 12.5 Å². The molecule has 1 aromatic carbocycles. The summed E-state index contributed by atoms with van der Waals surface area (Å²) < 4.78 is 10.5. The lowest BCUT2D eigenvalue weighted by atomic mass is 9.93. The fourth-order valence-electron chi connectivity index (χ4n) is 2.64. The first-order valence-corrected chi connectivity index (χ1v) is 6.81. The summed E-state index contributed by atoms with van der Waals surface area (Å²) in [5.74, 6) is 0.908. The number of hydrogen-bond acceptors (Lipinski definition) is 5. The Morgan fingerprint density at radius 2 is 1.85 bits per heavy atom. The lowest BCUT2D eigenvalue weighted by molar-refractivity contribution is 0.0868. The zero-order valence-electron chi connectivity index (χ0n) is 11.1. The average Bonchev–Trinajstić information content (AvgIpc) is 2.87.